The number of amides is 2. The first-order valence-electron chi connectivity index (χ1n) is 9.20. The summed E-state index contributed by atoms with van der Waals surface area (Å²) in [5.41, 5.74) is -0.647. The minimum atomic E-state index is -0.994. The van der Waals surface area contributed by atoms with Crippen LogP contribution in [0.5, 0.6) is 0 Å². The van der Waals surface area contributed by atoms with Gasteiger partial charge in [0.1, 0.15) is 0 Å². The molecule has 3 N–H and O–H groups in total. The molecule has 2 aromatic rings. The number of carbonyl (C=O) groups is 2. The van der Waals surface area contributed by atoms with Crippen molar-refractivity contribution in [3.63, 3.8) is 0 Å². The standard InChI is InChI=1S/C17H22FN7O4S2/c1-4-23(5-2)14(26)9-30-16-21-22-17(24(16)19)31-10(3)15(27)20-11-6-7-12(18)13(8-11)25(28)29/h6-8,10H,4-5,9,19H2,1-3H3,(H,20,27)/t10-/m0/s1. The van der Waals surface area contributed by atoms with Gasteiger partial charge in [-0.15, -0.1) is 10.2 Å². The number of nitrogens with one attached hydrogen (secondary N) is 1. The van der Waals surface area contributed by atoms with Crippen LogP contribution in [-0.2, 0) is 9.59 Å². The first kappa shape index (κ1) is 24.4. The van der Waals surface area contributed by atoms with E-state index in [1.165, 1.54) is 10.7 Å². The van der Waals surface area contributed by atoms with Gasteiger partial charge in [0.2, 0.25) is 27.9 Å². The van der Waals surface area contributed by atoms with Crippen molar-refractivity contribution in [1.82, 2.24) is 19.8 Å². The third-order valence-electron chi connectivity index (χ3n) is 4.14. The van der Waals surface area contributed by atoms with Crippen LogP contribution in [-0.4, -0.2) is 60.6 Å². The molecule has 1 atom stereocenters. The summed E-state index contributed by atoms with van der Waals surface area (Å²) in [4.78, 5) is 36.2. The largest absolute Gasteiger partial charge is 0.343 e. The molecule has 2 rings (SSSR count). The topological polar surface area (TPSA) is 149 Å². The summed E-state index contributed by atoms with van der Waals surface area (Å²) in [5.74, 6) is 4.60. The maximum atomic E-state index is 13.4. The van der Waals surface area contributed by atoms with Crippen LogP contribution in [0, 0.1) is 15.9 Å². The molecule has 0 saturated carbocycles. The zero-order valence-electron chi connectivity index (χ0n) is 17.1. The van der Waals surface area contributed by atoms with Gasteiger partial charge in [0.25, 0.3) is 0 Å². The molecule has 11 nitrogen and oxygen atoms in total. The fourth-order valence-electron chi connectivity index (χ4n) is 2.42. The summed E-state index contributed by atoms with van der Waals surface area (Å²) in [6.07, 6.45) is 0. The van der Waals surface area contributed by atoms with Gasteiger partial charge in [-0.2, -0.15) is 4.39 Å². The summed E-state index contributed by atoms with van der Waals surface area (Å²) in [7, 11) is 0. The van der Waals surface area contributed by atoms with Crippen LogP contribution in [0.3, 0.4) is 0 Å². The van der Waals surface area contributed by atoms with E-state index in [-0.39, 0.29) is 22.5 Å². The Morgan fingerprint density at radius 2 is 1.97 bits per heavy atom. The summed E-state index contributed by atoms with van der Waals surface area (Å²) in [6, 6.07) is 3.08. The zero-order chi connectivity index (χ0) is 23.1. The highest BCUT2D eigenvalue weighted by Gasteiger charge is 2.22. The molecular formula is C17H22FN7O4S2. The number of anilines is 1. The van der Waals surface area contributed by atoms with Crippen molar-refractivity contribution in [3.8, 4) is 0 Å². The molecule has 0 aliphatic heterocycles. The van der Waals surface area contributed by atoms with Crippen molar-refractivity contribution >= 4 is 46.7 Å². The van der Waals surface area contributed by atoms with Crippen molar-refractivity contribution in [3.05, 3.63) is 34.1 Å². The van der Waals surface area contributed by atoms with Crippen molar-refractivity contribution in [2.24, 2.45) is 0 Å². The van der Waals surface area contributed by atoms with E-state index in [4.69, 9.17) is 5.84 Å². The van der Waals surface area contributed by atoms with Crippen molar-refractivity contribution < 1.29 is 18.9 Å². The molecule has 0 unspecified atom stereocenters. The fraction of sp³-hybridized carbons (Fsp3) is 0.412. The Morgan fingerprint density at radius 1 is 1.32 bits per heavy atom. The van der Waals surface area contributed by atoms with Gasteiger partial charge >= 0.3 is 5.69 Å². The highest BCUT2D eigenvalue weighted by molar-refractivity contribution is 8.00. The van der Waals surface area contributed by atoms with Gasteiger partial charge in [-0.25, -0.2) is 4.68 Å². The predicted octanol–water partition coefficient (Wildman–Crippen LogP) is 2.12. The van der Waals surface area contributed by atoms with Crippen molar-refractivity contribution in [2.45, 2.75) is 36.3 Å². The van der Waals surface area contributed by atoms with Gasteiger partial charge in [0, 0.05) is 24.8 Å². The van der Waals surface area contributed by atoms with Crippen LogP contribution in [0.15, 0.2) is 28.5 Å². The number of hydrogen-bond donors (Lipinski definition) is 2. The van der Waals surface area contributed by atoms with E-state index in [2.05, 4.69) is 15.5 Å². The lowest BCUT2D eigenvalue weighted by atomic mass is 10.2. The van der Waals surface area contributed by atoms with Crippen molar-refractivity contribution in [1.29, 1.82) is 0 Å². The lowest BCUT2D eigenvalue weighted by Gasteiger charge is -2.17. The summed E-state index contributed by atoms with van der Waals surface area (Å²) < 4.78 is 14.6. The molecule has 1 aromatic heterocycles. The number of nitro benzene ring substituents is 1. The number of aromatic nitrogens is 3. The maximum Gasteiger partial charge on any atom is 0.306 e. The van der Waals surface area contributed by atoms with E-state index < -0.39 is 27.6 Å². The molecule has 1 heterocycles. The number of carbonyl (C=O) groups excluding carboxylic acids is 2. The monoisotopic (exact) mass is 471 g/mol. The summed E-state index contributed by atoms with van der Waals surface area (Å²) in [5, 5.41) is 21.1. The van der Waals surface area contributed by atoms with Gasteiger partial charge in [0.15, 0.2) is 0 Å². The molecule has 31 heavy (non-hydrogen) atoms. The molecular weight excluding hydrogens is 449 g/mol. The number of nitrogens with two attached hydrogens (primary N) is 1. The van der Waals surface area contributed by atoms with E-state index in [0.717, 1.165) is 35.7 Å². The molecule has 168 valence electrons. The Labute approximate surface area is 186 Å². The third kappa shape index (κ3) is 6.30. The lowest BCUT2D eigenvalue weighted by Crippen LogP contribution is -2.32. The Bertz CT molecular complexity index is 968. The number of nitro groups is 1. The molecule has 0 radical (unpaired) electrons. The number of hydrogen-bond acceptors (Lipinski definition) is 9. The minimum absolute atomic E-state index is 0.0478. The number of nitrogens with zero attached hydrogens (tertiary/aromatic N) is 5. The van der Waals surface area contributed by atoms with Crippen LogP contribution in [0.2, 0.25) is 0 Å². The van der Waals surface area contributed by atoms with E-state index in [0.29, 0.717) is 18.2 Å². The third-order valence-corrected chi connectivity index (χ3v) is 6.12. The van der Waals surface area contributed by atoms with E-state index >= 15 is 0 Å². The van der Waals surface area contributed by atoms with E-state index in [9.17, 15) is 24.1 Å². The predicted molar refractivity (Wildman–Crippen MR) is 116 cm³/mol. The number of benzene rings is 1. The highest BCUT2D eigenvalue weighted by atomic mass is 32.2. The van der Waals surface area contributed by atoms with Crippen LogP contribution < -0.4 is 11.2 Å². The summed E-state index contributed by atoms with van der Waals surface area (Å²) in [6.45, 7) is 6.58. The quantitative estimate of drug-likeness (QED) is 0.230. The molecule has 0 aliphatic rings. The van der Waals surface area contributed by atoms with Crippen LogP contribution in [0.1, 0.15) is 20.8 Å². The number of nitrogen functional groups attached to an aromatic ring is 1. The summed E-state index contributed by atoms with van der Waals surface area (Å²) >= 11 is 2.16. The first-order chi connectivity index (χ1) is 14.7. The number of halogens is 1. The maximum absolute atomic E-state index is 13.4. The smallest absolute Gasteiger partial charge is 0.306 e. The molecule has 0 aliphatic carbocycles. The van der Waals surface area contributed by atoms with Gasteiger partial charge < -0.3 is 16.1 Å². The van der Waals surface area contributed by atoms with Crippen LogP contribution in [0.25, 0.3) is 0 Å². The Hall–Kier alpha value is -2.87. The Kier molecular flexibility index (Phi) is 8.62. The van der Waals surface area contributed by atoms with Crippen LogP contribution in [0.4, 0.5) is 15.8 Å². The average molecular weight is 472 g/mol. The molecule has 0 bridgehead atoms. The Morgan fingerprint density at radius 3 is 2.58 bits per heavy atom. The lowest BCUT2D eigenvalue weighted by molar-refractivity contribution is -0.387. The highest BCUT2D eigenvalue weighted by Crippen LogP contribution is 2.26. The normalized spacial score (nSPS) is 11.7. The average Bonchev–Trinajstić information content (AvgIpc) is 3.07. The van der Waals surface area contributed by atoms with Crippen molar-refractivity contribution in [2.75, 3.05) is 30.0 Å². The van der Waals surface area contributed by atoms with Gasteiger partial charge in [-0.05, 0) is 32.9 Å². The second-order valence-electron chi connectivity index (χ2n) is 6.16. The SMILES string of the molecule is CCN(CC)C(=O)CSc1nnc(S[C@@H](C)C(=O)Nc2ccc(F)c([N+](=O)[O-])c2)n1N. The Balaban J connectivity index is 1.98. The first-order valence-corrected chi connectivity index (χ1v) is 11.1. The molecule has 0 spiro atoms. The van der Waals surface area contributed by atoms with E-state index in [1.807, 2.05) is 13.8 Å². The van der Waals surface area contributed by atoms with E-state index in [1.54, 1.807) is 11.8 Å². The van der Waals surface area contributed by atoms with Gasteiger partial charge in [-0.3, -0.25) is 19.7 Å². The molecule has 1 aromatic carbocycles. The number of thioether (sulfide) groups is 2. The number of rotatable bonds is 10. The zero-order valence-corrected chi connectivity index (χ0v) is 18.7. The molecule has 0 saturated heterocycles. The van der Waals surface area contributed by atoms with Gasteiger partial charge in [0.05, 0.1) is 15.9 Å². The minimum Gasteiger partial charge on any atom is -0.343 e. The second-order valence-corrected chi connectivity index (χ2v) is 8.41. The molecule has 14 heteroatoms. The molecule has 0 fully saturated rings. The second kappa shape index (κ2) is 10.9. The fourth-order valence-corrected chi connectivity index (χ4v) is 4.01. The van der Waals surface area contributed by atoms with Crippen LogP contribution >= 0.6 is 23.5 Å². The van der Waals surface area contributed by atoms with Gasteiger partial charge in [-0.1, -0.05) is 23.5 Å². The molecule has 2 amide bonds.